The first-order valence-corrected chi connectivity index (χ1v) is 11.8. The normalized spacial score (nSPS) is 21.8. The summed E-state index contributed by atoms with van der Waals surface area (Å²) < 4.78 is 13.7. The highest BCUT2D eigenvalue weighted by Gasteiger charge is 2.47. The smallest absolute Gasteiger partial charge is 0.278 e. The van der Waals surface area contributed by atoms with Gasteiger partial charge >= 0.3 is 0 Å². The van der Waals surface area contributed by atoms with Crippen LogP contribution in [0.25, 0.3) is 0 Å². The Morgan fingerprint density at radius 2 is 2.00 bits per heavy atom. The molecule has 0 unspecified atom stereocenters. The molecule has 3 saturated carbocycles. The minimum atomic E-state index is -0.274. The van der Waals surface area contributed by atoms with Gasteiger partial charge in [0.05, 0.1) is 26.1 Å². The van der Waals surface area contributed by atoms with E-state index in [0.29, 0.717) is 18.2 Å². The molecule has 2 heterocycles. The average molecular weight is 432 g/mol. The van der Waals surface area contributed by atoms with Gasteiger partial charge in [0, 0.05) is 34.8 Å². The minimum absolute atomic E-state index is 0.0476. The molecule has 1 aromatic carbocycles. The second-order valence-electron chi connectivity index (χ2n) is 9.96. The lowest BCUT2D eigenvalue weighted by Gasteiger charge is -2.29. The van der Waals surface area contributed by atoms with E-state index in [-0.39, 0.29) is 23.7 Å². The average Bonchev–Trinajstić information content (AvgIpc) is 3.68. The summed E-state index contributed by atoms with van der Waals surface area (Å²) in [6.45, 7) is 4.15. The highest BCUT2D eigenvalue weighted by atomic mass is 16.7. The van der Waals surface area contributed by atoms with Gasteiger partial charge in [-0.2, -0.15) is 0 Å². The topological polar surface area (TPSA) is 56.6 Å². The van der Waals surface area contributed by atoms with Gasteiger partial charge in [-0.25, -0.2) is 4.98 Å². The first-order valence-electron chi connectivity index (χ1n) is 11.8. The van der Waals surface area contributed by atoms with E-state index in [2.05, 4.69) is 29.8 Å². The Bertz CT molecular complexity index is 1090. The van der Waals surface area contributed by atoms with Crippen molar-refractivity contribution in [3.63, 3.8) is 0 Å². The molecule has 0 bridgehead atoms. The SMILES string of the molecule is Cc1cc(C#CC2CC2)ccc1N(C(=O)c1cn(CC2OCC3(CC3)CO2)cn1)C1CC1. The quantitative estimate of drug-likeness (QED) is 0.674. The van der Waals surface area contributed by atoms with E-state index in [1.54, 1.807) is 6.33 Å². The number of carbonyl (C=O) groups is 1. The summed E-state index contributed by atoms with van der Waals surface area (Å²) in [5.41, 5.74) is 3.80. The second-order valence-corrected chi connectivity index (χ2v) is 9.96. The maximum Gasteiger partial charge on any atom is 0.278 e. The number of hydrogen-bond acceptors (Lipinski definition) is 4. The molecule has 1 amide bonds. The van der Waals surface area contributed by atoms with Crippen molar-refractivity contribution in [2.75, 3.05) is 18.1 Å². The van der Waals surface area contributed by atoms with Gasteiger partial charge in [-0.05, 0) is 69.2 Å². The largest absolute Gasteiger partial charge is 0.350 e. The second kappa shape index (κ2) is 7.75. The molecule has 1 aliphatic heterocycles. The van der Waals surface area contributed by atoms with Crippen LogP contribution in [0.5, 0.6) is 0 Å². The molecule has 6 rings (SSSR count). The predicted octanol–water partition coefficient (Wildman–Crippen LogP) is 3.92. The lowest BCUT2D eigenvalue weighted by Crippen LogP contribution is -2.35. The molecule has 0 N–H and O–H groups in total. The van der Waals surface area contributed by atoms with Crippen LogP contribution in [0, 0.1) is 30.1 Å². The zero-order chi connectivity index (χ0) is 21.7. The number of rotatable bonds is 5. The molecule has 0 atom stereocenters. The van der Waals surface area contributed by atoms with Gasteiger partial charge in [0.15, 0.2) is 6.29 Å². The third-order valence-electron chi connectivity index (χ3n) is 6.91. The number of hydrogen-bond donors (Lipinski definition) is 0. The van der Waals surface area contributed by atoms with Crippen molar-refractivity contribution in [1.82, 2.24) is 9.55 Å². The summed E-state index contributed by atoms with van der Waals surface area (Å²) in [6, 6.07) is 6.41. The number of imidazole rings is 1. The molecule has 6 nitrogen and oxygen atoms in total. The Morgan fingerprint density at radius 3 is 2.66 bits per heavy atom. The molecule has 3 aliphatic carbocycles. The Balaban J connectivity index is 1.16. The Morgan fingerprint density at radius 1 is 1.22 bits per heavy atom. The van der Waals surface area contributed by atoms with Crippen molar-refractivity contribution >= 4 is 11.6 Å². The van der Waals surface area contributed by atoms with E-state index < -0.39 is 0 Å². The molecule has 0 radical (unpaired) electrons. The standard InChI is InChI=1S/C26H29N3O3/c1-18-12-20(5-4-19-2-3-19)6-9-23(18)29(21-7-8-21)25(30)22-13-28(17-27-22)14-24-31-15-26(10-11-26)16-32-24/h6,9,12-13,17,19,21,24H,2-3,7-8,10-11,14-16H2,1H3. The molecular formula is C26H29N3O3. The Labute approximate surface area is 188 Å². The number of nitrogens with zero attached hydrogens (tertiary/aromatic N) is 3. The number of anilines is 1. The summed E-state index contributed by atoms with van der Waals surface area (Å²) in [7, 11) is 0. The van der Waals surface area contributed by atoms with Crippen LogP contribution in [0.15, 0.2) is 30.7 Å². The van der Waals surface area contributed by atoms with Crippen molar-refractivity contribution in [3.8, 4) is 11.8 Å². The van der Waals surface area contributed by atoms with Crippen LogP contribution >= 0.6 is 0 Å². The fourth-order valence-electron chi connectivity index (χ4n) is 4.29. The molecule has 4 fully saturated rings. The predicted molar refractivity (Wildman–Crippen MR) is 120 cm³/mol. The monoisotopic (exact) mass is 431 g/mol. The van der Waals surface area contributed by atoms with Crippen LogP contribution in [0.2, 0.25) is 0 Å². The number of aryl methyl sites for hydroxylation is 1. The van der Waals surface area contributed by atoms with Crippen molar-refractivity contribution in [2.24, 2.45) is 11.3 Å². The highest BCUT2D eigenvalue weighted by molar-refractivity contribution is 6.06. The molecule has 1 spiro atoms. The van der Waals surface area contributed by atoms with Gasteiger partial charge in [0.1, 0.15) is 5.69 Å². The van der Waals surface area contributed by atoms with Gasteiger partial charge in [0.25, 0.3) is 5.91 Å². The highest BCUT2D eigenvalue weighted by Crippen LogP contribution is 2.48. The fourth-order valence-corrected chi connectivity index (χ4v) is 4.29. The van der Waals surface area contributed by atoms with Crippen molar-refractivity contribution in [3.05, 3.63) is 47.5 Å². The molecule has 166 valence electrons. The number of carbonyl (C=O) groups excluding carboxylic acids is 1. The van der Waals surface area contributed by atoms with Crippen LogP contribution < -0.4 is 4.90 Å². The molecule has 1 saturated heterocycles. The van der Waals surface area contributed by atoms with Crippen LogP contribution in [0.1, 0.15) is 60.1 Å². The molecule has 4 aliphatic rings. The van der Waals surface area contributed by atoms with Gasteiger partial charge in [-0.3, -0.25) is 4.79 Å². The van der Waals surface area contributed by atoms with Crippen LogP contribution in [-0.2, 0) is 16.0 Å². The van der Waals surface area contributed by atoms with E-state index in [1.165, 1.54) is 25.7 Å². The maximum atomic E-state index is 13.4. The summed E-state index contributed by atoms with van der Waals surface area (Å²) in [4.78, 5) is 19.8. The van der Waals surface area contributed by atoms with Crippen molar-refractivity contribution in [1.29, 1.82) is 0 Å². The molecule has 2 aromatic rings. The zero-order valence-corrected chi connectivity index (χ0v) is 18.5. The number of benzene rings is 1. The van der Waals surface area contributed by atoms with Gasteiger partial charge in [-0.1, -0.05) is 11.8 Å². The van der Waals surface area contributed by atoms with Crippen molar-refractivity contribution in [2.45, 2.75) is 64.3 Å². The fraction of sp³-hybridized carbons (Fsp3) is 0.538. The minimum Gasteiger partial charge on any atom is -0.350 e. The molecule has 1 aromatic heterocycles. The molecular weight excluding hydrogens is 402 g/mol. The van der Waals surface area contributed by atoms with Gasteiger partial charge in [0.2, 0.25) is 0 Å². The number of aromatic nitrogens is 2. The van der Waals surface area contributed by atoms with Gasteiger partial charge in [-0.15, -0.1) is 0 Å². The van der Waals surface area contributed by atoms with Crippen LogP contribution in [-0.4, -0.2) is 41.0 Å². The van der Waals surface area contributed by atoms with E-state index in [1.807, 2.05) is 27.8 Å². The Hall–Kier alpha value is -2.62. The number of ether oxygens (including phenoxy) is 2. The third kappa shape index (κ3) is 4.20. The molecule has 6 heteroatoms. The van der Waals surface area contributed by atoms with E-state index >= 15 is 0 Å². The van der Waals surface area contributed by atoms with Crippen molar-refractivity contribution < 1.29 is 14.3 Å². The van der Waals surface area contributed by atoms with E-state index in [0.717, 1.165) is 42.9 Å². The van der Waals surface area contributed by atoms with Gasteiger partial charge < -0.3 is 18.9 Å². The summed E-state index contributed by atoms with van der Waals surface area (Å²) >= 11 is 0. The zero-order valence-electron chi connectivity index (χ0n) is 18.5. The first kappa shape index (κ1) is 20.0. The van der Waals surface area contributed by atoms with E-state index in [4.69, 9.17) is 9.47 Å². The van der Waals surface area contributed by atoms with Crippen LogP contribution in [0.4, 0.5) is 5.69 Å². The lowest BCUT2D eigenvalue weighted by atomic mass is 10.1. The summed E-state index contributed by atoms with van der Waals surface area (Å²) in [6.07, 6.45) is 10.2. The first-order chi connectivity index (χ1) is 15.6. The van der Waals surface area contributed by atoms with Crippen LogP contribution in [0.3, 0.4) is 0 Å². The summed E-state index contributed by atoms with van der Waals surface area (Å²) in [5, 5.41) is 0. The third-order valence-corrected chi connectivity index (χ3v) is 6.91. The maximum absolute atomic E-state index is 13.4. The molecule has 32 heavy (non-hydrogen) atoms. The Kier molecular flexibility index (Phi) is 4.85. The summed E-state index contributed by atoms with van der Waals surface area (Å²) in [5.74, 6) is 7.12. The number of amides is 1. The van der Waals surface area contributed by atoms with E-state index in [9.17, 15) is 4.79 Å². The lowest BCUT2D eigenvalue weighted by molar-refractivity contribution is -0.212.